The van der Waals surface area contributed by atoms with Crippen LogP contribution in [-0.2, 0) is 13.6 Å². The van der Waals surface area contributed by atoms with E-state index in [2.05, 4.69) is 31.0 Å². The third-order valence-electron chi connectivity index (χ3n) is 2.30. The molecular weight excluding hydrogens is 220 g/mol. The van der Waals surface area contributed by atoms with Crippen molar-refractivity contribution in [3.63, 3.8) is 0 Å². The lowest BCUT2D eigenvalue weighted by molar-refractivity contribution is 0.734. The number of nitrogens with one attached hydrogen (secondary N) is 1. The van der Waals surface area contributed by atoms with Gasteiger partial charge in [-0.3, -0.25) is 4.68 Å². The van der Waals surface area contributed by atoms with E-state index in [-0.39, 0.29) is 0 Å². The molecule has 0 aliphatic heterocycles. The Morgan fingerprint density at radius 2 is 2.29 bits per heavy atom. The van der Waals surface area contributed by atoms with E-state index in [9.17, 15) is 0 Å². The van der Waals surface area contributed by atoms with E-state index in [1.807, 2.05) is 25.5 Å². The van der Waals surface area contributed by atoms with Crippen molar-refractivity contribution in [2.24, 2.45) is 7.05 Å². The van der Waals surface area contributed by atoms with E-state index >= 15 is 0 Å². The summed E-state index contributed by atoms with van der Waals surface area (Å²) in [6.07, 6.45) is 3.76. The van der Waals surface area contributed by atoms with E-state index in [1.165, 1.54) is 4.63 Å². The summed E-state index contributed by atoms with van der Waals surface area (Å²) in [6.45, 7) is 0.661. The summed E-state index contributed by atoms with van der Waals surface area (Å²) in [6, 6.07) is 3.64. The predicted molar refractivity (Wildman–Crippen MR) is 59.1 cm³/mol. The van der Waals surface area contributed by atoms with Gasteiger partial charge in [-0.05, 0) is 22.6 Å². The average molecular weight is 230 g/mol. The Hall–Kier alpha value is -2.51. The summed E-state index contributed by atoms with van der Waals surface area (Å²) in [5.41, 5.74) is 1.71. The second-order valence-electron chi connectivity index (χ2n) is 3.62. The van der Waals surface area contributed by atoms with Crippen molar-refractivity contribution in [1.82, 2.24) is 35.0 Å². The van der Waals surface area contributed by atoms with Crippen molar-refractivity contribution in [2.75, 3.05) is 5.32 Å². The van der Waals surface area contributed by atoms with Crippen LogP contribution in [0, 0.1) is 0 Å². The highest BCUT2D eigenvalue weighted by Gasteiger charge is 2.01. The lowest BCUT2D eigenvalue weighted by Gasteiger charge is -2.02. The first-order chi connectivity index (χ1) is 8.31. The lowest BCUT2D eigenvalue weighted by Crippen LogP contribution is -2.04. The topological polar surface area (TPSA) is 85.8 Å². The molecule has 8 nitrogen and oxygen atoms in total. The quantitative estimate of drug-likeness (QED) is 0.674. The van der Waals surface area contributed by atoms with E-state index in [0.29, 0.717) is 18.0 Å². The molecule has 3 aromatic rings. The molecule has 0 spiro atoms. The van der Waals surface area contributed by atoms with Crippen molar-refractivity contribution in [3.8, 4) is 0 Å². The van der Waals surface area contributed by atoms with Crippen LogP contribution in [0.4, 0.5) is 5.82 Å². The predicted octanol–water partition coefficient (Wildman–Crippen LogP) is -0.135. The number of aromatic nitrogens is 7. The first kappa shape index (κ1) is 9.70. The van der Waals surface area contributed by atoms with Crippen LogP contribution in [0.15, 0.2) is 24.5 Å². The Morgan fingerprint density at radius 3 is 3.12 bits per heavy atom. The molecule has 0 atom stereocenters. The van der Waals surface area contributed by atoms with Crippen molar-refractivity contribution >= 4 is 11.5 Å². The van der Waals surface area contributed by atoms with Gasteiger partial charge in [-0.15, -0.1) is 14.8 Å². The molecule has 3 rings (SSSR count). The first-order valence-electron chi connectivity index (χ1n) is 5.08. The number of fused-ring (bicyclic) bond motifs is 1. The molecule has 3 aromatic heterocycles. The van der Waals surface area contributed by atoms with Gasteiger partial charge in [0.05, 0.1) is 6.20 Å². The Kier molecular flexibility index (Phi) is 2.18. The molecular formula is C9H10N8. The van der Waals surface area contributed by atoms with Crippen LogP contribution < -0.4 is 5.32 Å². The summed E-state index contributed by atoms with van der Waals surface area (Å²) < 4.78 is 3.14. The third-order valence-corrected chi connectivity index (χ3v) is 2.30. The molecule has 0 unspecified atom stereocenters. The molecule has 86 valence electrons. The van der Waals surface area contributed by atoms with Gasteiger partial charge in [0.25, 0.3) is 0 Å². The van der Waals surface area contributed by atoms with E-state index in [0.717, 1.165) is 5.56 Å². The van der Waals surface area contributed by atoms with Crippen molar-refractivity contribution in [3.05, 3.63) is 30.1 Å². The second kappa shape index (κ2) is 3.81. The van der Waals surface area contributed by atoms with Crippen LogP contribution in [0.5, 0.6) is 0 Å². The van der Waals surface area contributed by atoms with Crippen molar-refractivity contribution < 1.29 is 0 Å². The van der Waals surface area contributed by atoms with Gasteiger partial charge >= 0.3 is 0 Å². The first-order valence-corrected chi connectivity index (χ1v) is 5.08. The van der Waals surface area contributed by atoms with Gasteiger partial charge in [0.2, 0.25) is 0 Å². The lowest BCUT2D eigenvalue weighted by atomic mass is 10.3. The fourth-order valence-electron chi connectivity index (χ4n) is 1.50. The van der Waals surface area contributed by atoms with E-state index in [4.69, 9.17) is 0 Å². The summed E-state index contributed by atoms with van der Waals surface area (Å²) in [5.74, 6) is 0.716. The third kappa shape index (κ3) is 1.92. The number of hydrogen-bond acceptors (Lipinski definition) is 6. The van der Waals surface area contributed by atoms with Gasteiger partial charge in [-0.2, -0.15) is 5.10 Å². The van der Waals surface area contributed by atoms with E-state index in [1.54, 1.807) is 10.7 Å². The highest BCUT2D eigenvalue weighted by Crippen LogP contribution is 2.05. The number of nitrogens with zero attached hydrogens (tertiary/aromatic N) is 7. The van der Waals surface area contributed by atoms with Gasteiger partial charge in [0.1, 0.15) is 5.82 Å². The van der Waals surface area contributed by atoms with Crippen LogP contribution in [0.1, 0.15) is 5.56 Å². The fraction of sp³-hybridized carbons (Fsp3) is 0.222. The number of tetrazole rings is 1. The average Bonchev–Trinajstić information content (AvgIpc) is 2.94. The smallest absolute Gasteiger partial charge is 0.200 e. The normalized spacial score (nSPS) is 10.9. The molecule has 0 saturated carbocycles. The maximum atomic E-state index is 4.20. The maximum absolute atomic E-state index is 4.20. The highest BCUT2D eigenvalue weighted by molar-refractivity contribution is 5.42. The summed E-state index contributed by atoms with van der Waals surface area (Å²) in [4.78, 5) is 0. The van der Waals surface area contributed by atoms with Crippen molar-refractivity contribution in [2.45, 2.75) is 6.54 Å². The molecule has 8 heteroatoms. The largest absolute Gasteiger partial charge is 0.364 e. The van der Waals surface area contributed by atoms with Gasteiger partial charge in [0, 0.05) is 25.4 Å². The molecule has 0 saturated heterocycles. The Morgan fingerprint density at radius 1 is 1.35 bits per heavy atom. The molecule has 0 aromatic carbocycles. The minimum Gasteiger partial charge on any atom is -0.364 e. The van der Waals surface area contributed by atoms with Crippen LogP contribution in [-0.4, -0.2) is 35.0 Å². The molecule has 3 heterocycles. The standard InChI is InChI=1S/C9H10N8/c1-16-6-7(5-11-16)4-10-8-2-3-9-12-14-15-17(9)13-8/h2-3,5-6H,4H2,1H3,(H,10,13). The number of aryl methyl sites for hydroxylation is 1. The van der Waals surface area contributed by atoms with Crippen LogP contribution in [0.25, 0.3) is 5.65 Å². The minimum absolute atomic E-state index is 0.622. The fourth-order valence-corrected chi connectivity index (χ4v) is 1.50. The molecule has 1 N–H and O–H groups in total. The summed E-state index contributed by atoms with van der Waals surface area (Å²) in [7, 11) is 1.88. The highest BCUT2D eigenvalue weighted by atomic mass is 15.6. The summed E-state index contributed by atoms with van der Waals surface area (Å²) in [5, 5.41) is 22.5. The molecule has 0 bridgehead atoms. The monoisotopic (exact) mass is 230 g/mol. The number of anilines is 1. The van der Waals surface area contributed by atoms with Crippen molar-refractivity contribution in [1.29, 1.82) is 0 Å². The van der Waals surface area contributed by atoms with Gasteiger partial charge in [-0.25, -0.2) is 0 Å². The molecule has 17 heavy (non-hydrogen) atoms. The number of hydrogen-bond donors (Lipinski definition) is 1. The zero-order valence-electron chi connectivity index (χ0n) is 9.15. The van der Waals surface area contributed by atoms with Crippen LogP contribution in [0.3, 0.4) is 0 Å². The Bertz CT molecular complexity index is 639. The number of rotatable bonds is 3. The maximum Gasteiger partial charge on any atom is 0.200 e. The molecule has 0 amide bonds. The SMILES string of the molecule is Cn1cc(CNc2ccc3nnnn3n2)cn1. The summed E-state index contributed by atoms with van der Waals surface area (Å²) >= 11 is 0. The van der Waals surface area contributed by atoms with Gasteiger partial charge < -0.3 is 5.32 Å². The minimum atomic E-state index is 0.622. The Balaban J connectivity index is 1.76. The van der Waals surface area contributed by atoms with Crippen LogP contribution in [0.2, 0.25) is 0 Å². The zero-order valence-corrected chi connectivity index (χ0v) is 9.15. The van der Waals surface area contributed by atoms with Gasteiger partial charge in [-0.1, -0.05) is 0 Å². The zero-order chi connectivity index (χ0) is 11.7. The molecule has 0 radical (unpaired) electrons. The molecule has 0 aliphatic rings. The molecule has 0 aliphatic carbocycles. The van der Waals surface area contributed by atoms with Crippen LogP contribution >= 0.6 is 0 Å². The van der Waals surface area contributed by atoms with E-state index < -0.39 is 0 Å². The van der Waals surface area contributed by atoms with Gasteiger partial charge in [0.15, 0.2) is 5.65 Å². The molecule has 0 fully saturated rings. The Labute approximate surface area is 96.2 Å². The second-order valence-corrected chi connectivity index (χ2v) is 3.62.